The molecule has 98 valence electrons. The van der Waals surface area contributed by atoms with E-state index in [-0.39, 0.29) is 5.02 Å². The van der Waals surface area contributed by atoms with Crippen LogP contribution in [0.5, 0.6) is 0 Å². The van der Waals surface area contributed by atoms with Crippen LogP contribution in [0, 0.1) is 6.92 Å². The van der Waals surface area contributed by atoms with Crippen molar-refractivity contribution in [2.45, 2.75) is 6.92 Å². The van der Waals surface area contributed by atoms with Gasteiger partial charge in [-0.3, -0.25) is 14.3 Å². The molecule has 0 radical (unpaired) electrons. The molecule has 0 saturated carbocycles. The van der Waals surface area contributed by atoms with Crippen LogP contribution in [0.15, 0.2) is 34.0 Å². The number of H-pyrrole nitrogens is 1. The lowest BCUT2D eigenvalue weighted by Gasteiger charge is -2.08. The lowest BCUT2D eigenvalue weighted by Crippen LogP contribution is -2.32. The van der Waals surface area contributed by atoms with Crippen molar-refractivity contribution in [3.05, 3.63) is 61.4 Å². The fourth-order valence-electron chi connectivity index (χ4n) is 1.61. The molecule has 2 rings (SSSR count). The van der Waals surface area contributed by atoms with Gasteiger partial charge in [0.1, 0.15) is 5.56 Å². The molecule has 0 aliphatic heterocycles. The number of carboxylic acids is 1. The summed E-state index contributed by atoms with van der Waals surface area (Å²) in [6, 6.07) is 4.96. The zero-order chi connectivity index (χ0) is 14.2. The number of nitrogens with one attached hydrogen (secondary N) is 1. The van der Waals surface area contributed by atoms with Crippen LogP contribution in [0.2, 0.25) is 5.02 Å². The minimum absolute atomic E-state index is 0.274. The molecule has 0 bridgehead atoms. The zero-order valence-electron chi connectivity index (χ0n) is 9.81. The summed E-state index contributed by atoms with van der Waals surface area (Å²) >= 11 is 5.98. The Hall–Kier alpha value is -2.34. The zero-order valence-corrected chi connectivity index (χ0v) is 10.6. The topological polar surface area (TPSA) is 92.2 Å². The molecule has 0 spiro atoms. The molecule has 0 saturated heterocycles. The van der Waals surface area contributed by atoms with Crippen molar-refractivity contribution in [2.75, 3.05) is 0 Å². The summed E-state index contributed by atoms with van der Waals surface area (Å²) in [5.41, 5.74) is -1.07. The number of halogens is 1. The lowest BCUT2D eigenvalue weighted by atomic mass is 10.2. The van der Waals surface area contributed by atoms with Crippen LogP contribution in [0.25, 0.3) is 5.69 Å². The number of aromatic nitrogens is 2. The van der Waals surface area contributed by atoms with Crippen molar-refractivity contribution >= 4 is 17.6 Å². The van der Waals surface area contributed by atoms with Crippen molar-refractivity contribution in [3.8, 4) is 5.69 Å². The van der Waals surface area contributed by atoms with Gasteiger partial charge < -0.3 is 5.11 Å². The fraction of sp³-hybridized carbons (Fsp3) is 0.0833. The third-order valence-corrected chi connectivity index (χ3v) is 2.85. The van der Waals surface area contributed by atoms with Crippen molar-refractivity contribution in [3.63, 3.8) is 0 Å². The summed E-state index contributed by atoms with van der Waals surface area (Å²) in [6.45, 7) is 1.80. The minimum Gasteiger partial charge on any atom is -0.477 e. The molecule has 0 amide bonds. The third kappa shape index (κ3) is 2.43. The highest BCUT2D eigenvalue weighted by atomic mass is 35.5. The predicted octanol–water partition coefficient (Wildman–Crippen LogP) is 1.19. The number of hydrogen-bond acceptors (Lipinski definition) is 3. The van der Waals surface area contributed by atoms with Crippen LogP contribution in [-0.2, 0) is 0 Å². The van der Waals surface area contributed by atoms with Crippen molar-refractivity contribution in [1.82, 2.24) is 9.55 Å². The first-order chi connectivity index (χ1) is 8.90. The second kappa shape index (κ2) is 4.74. The van der Waals surface area contributed by atoms with E-state index in [0.29, 0.717) is 5.69 Å². The number of carboxylic acid groups (broad SMARTS) is 1. The van der Waals surface area contributed by atoms with E-state index < -0.39 is 22.8 Å². The van der Waals surface area contributed by atoms with Crippen LogP contribution < -0.4 is 11.2 Å². The Morgan fingerprint density at radius 2 is 2.05 bits per heavy atom. The average Bonchev–Trinajstić information content (AvgIpc) is 2.32. The van der Waals surface area contributed by atoms with Gasteiger partial charge in [-0.15, -0.1) is 0 Å². The molecule has 0 aliphatic rings. The van der Waals surface area contributed by atoms with Crippen molar-refractivity contribution in [1.29, 1.82) is 0 Å². The van der Waals surface area contributed by atoms with Gasteiger partial charge in [-0.25, -0.2) is 9.59 Å². The Morgan fingerprint density at radius 1 is 1.37 bits per heavy atom. The Balaban J connectivity index is 2.79. The van der Waals surface area contributed by atoms with Crippen molar-refractivity contribution in [2.24, 2.45) is 0 Å². The first-order valence-electron chi connectivity index (χ1n) is 5.26. The van der Waals surface area contributed by atoms with Crippen LogP contribution in [0.4, 0.5) is 0 Å². The molecule has 2 N–H and O–H groups in total. The van der Waals surface area contributed by atoms with Gasteiger partial charge in [0, 0.05) is 6.20 Å². The second-order valence-electron chi connectivity index (χ2n) is 3.93. The molecule has 1 heterocycles. The highest BCUT2D eigenvalue weighted by molar-refractivity contribution is 6.32. The third-order valence-electron chi connectivity index (χ3n) is 2.53. The summed E-state index contributed by atoms with van der Waals surface area (Å²) < 4.78 is 1.00. The Labute approximate surface area is 111 Å². The molecule has 0 fully saturated rings. The summed E-state index contributed by atoms with van der Waals surface area (Å²) in [7, 11) is 0. The fourth-order valence-corrected chi connectivity index (χ4v) is 1.82. The molecule has 1 aromatic heterocycles. The maximum atomic E-state index is 11.7. The normalized spacial score (nSPS) is 10.4. The van der Waals surface area contributed by atoms with Crippen LogP contribution in [0.3, 0.4) is 0 Å². The SMILES string of the molecule is Cc1ccc(Cl)c(-n2cc(C(=O)O)c(=O)[nH]c2=O)c1. The standard InChI is InChI=1S/C12H9ClN2O4/c1-6-2-3-8(13)9(4-6)15-5-7(11(17)18)10(16)14-12(15)19/h2-5H,1H3,(H,17,18)(H,14,16,19). The van der Waals surface area contributed by atoms with Gasteiger partial charge in [-0.05, 0) is 24.6 Å². The molecule has 0 atom stereocenters. The summed E-state index contributed by atoms with van der Waals surface area (Å²) in [5, 5.41) is 9.16. The van der Waals surface area contributed by atoms with E-state index in [0.717, 1.165) is 16.3 Å². The summed E-state index contributed by atoms with van der Waals surface area (Å²) in [6.07, 6.45) is 0.962. The van der Waals surface area contributed by atoms with Gasteiger partial charge in [0.05, 0.1) is 10.7 Å². The van der Waals surface area contributed by atoms with Crippen LogP contribution in [-0.4, -0.2) is 20.6 Å². The quantitative estimate of drug-likeness (QED) is 0.864. The largest absolute Gasteiger partial charge is 0.477 e. The Morgan fingerprint density at radius 3 is 2.68 bits per heavy atom. The Kier molecular flexibility index (Phi) is 3.26. The van der Waals surface area contributed by atoms with E-state index in [2.05, 4.69) is 0 Å². The van der Waals surface area contributed by atoms with E-state index in [4.69, 9.17) is 16.7 Å². The maximum absolute atomic E-state index is 11.7. The summed E-state index contributed by atoms with van der Waals surface area (Å²) in [4.78, 5) is 35.9. The predicted molar refractivity (Wildman–Crippen MR) is 69.4 cm³/mol. The van der Waals surface area contributed by atoms with Crippen LogP contribution >= 0.6 is 11.6 Å². The number of nitrogens with zero attached hydrogens (tertiary/aromatic N) is 1. The van der Waals surface area contributed by atoms with E-state index in [1.54, 1.807) is 25.1 Å². The monoisotopic (exact) mass is 280 g/mol. The van der Waals surface area contributed by atoms with E-state index in [9.17, 15) is 14.4 Å². The van der Waals surface area contributed by atoms with Gasteiger partial charge in [0.15, 0.2) is 0 Å². The van der Waals surface area contributed by atoms with Crippen molar-refractivity contribution < 1.29 is 9.90 Å². The number of rotatable bonds is 2. The van der Waals surface area contributed by atoms with Gasteiger partial charge in [-0.1, -0.05) is 17.7 Å². The first kappa shape index (κ1) is 13.1. The molecule has 7 heteroatoms. The minimum atomic E-state index is -1.42. The highest BCUT2D eigenvalue weighted by Gasteiger charge is 2.13. The number of carbonyl (C=O) groups is 1. The van der Waals surface area contributed by atoms with E-state index in [1.807, 2.05) is 4.98 Å². The molecule has 19 heavy (non-hydrogen) atoms. The van der Waals surface area contributed by atoms with E-state index >= 15 is 0 Å². The van der Waals surface area contributed by atoms with Gasteiger partial charge in [-0.2, -0.15) is 0 Å². The molecular weight excluding hydrogens is 272 g/mol. The van der Waals surface area contributed by atoms with Gasteiger partial charge in [0.25, 0.3) is 5.56 Å². The van der Waals surface area contributed by atoms with Crippen LogP contribution in [0.1, 0.15) is 15.9 Å². The molecule has 0 aliphatic carbocycles. The molecule has 2 aromatic rings. The number of aromatic amines is 1. The first-order valence-corrected chi connectivity index (χ1v) is 5.64. The Bertz CT molecular complexity index is 776. The van der Waals surface area contributed by atoms with Gasteiger partial charge >= 0.3 is 11.7 Å². The second-order valence-corrected chi connectivity index (χ2v) is 4.34. The molecular formula is C12H9ClN2O4. The number of hydrogen-bond donors (Lipinski definition) is 2. The van der Waals surface area contributed by atoms with Gasteiger partial charge in [0.2, 0.25) is 0 Å². The maximum Gasteiger partial charge on any atom is 0.342 e. The molecule has 1 aromatic carbocycles. The number of aromatic carboxylic acids is 1. The highest BCUT2D eigenvalue weighted by Crippen LogP contribution is 2.20. The molecule has 0 unspecified atom stereocenters. The number of aryl methyl sites for hydroxylation is 1. The molecule has 6 nitrogen and oxygen atoms in total. The smallest absolute Gasteiger partial charge is 0.342 e. The summed E-state index contributed by atoms with van der Waals surface area (Å²) in [5.74, 6) is -1.42. The lowest BCUT2D eigenvalue weighted by molar-refractivity contribution is 0.0694. The average molecular weight is 281 g/mol. The van der Waals surface area contributed by atoms with E-state index in [1.165, 1.54) is 0 Å². The number of benzene rings is 1.